The maximum atomic E-state index is 5.59. The first-order valence-corrected chi connectivity index (χ1v) is 10.5. The quantitative estimate of drug-likeness (QED) is 0.654. The number of nitrogens with one attached hydrogen (secondary N) is 1. The number of hydrogen-bond acceptors (Lipinski definition) is 3. The highest BCUT2D eigenvalue weighted by Gasteiger charge is 2.43. The molecule has 1 aromatic rings. The molecule has 5 nitrogen and oxygen atoms in total. The van der Waals surface area contributed by atoms with E-state index in [2.05, 4.69) is 51.3 Å². The second-order valence-corrected chi connectivity index (χ2v) is 8.53. The zero-order chi connectivity index (χ0) is 18.7. The van der Waals surface area contributed by atoms with E-state index in [1.807, 2.05) is 7.05 Å². The highest BCUT2D eigenvalue weighted by atomic mass is 16.5. The number of rotatable bonds is 4. The monoisotopic (exact) mass is 370 g/mol. The van der Waals surface area contributed by atoms with Crippen LogP contribution in [0.3, 0.4) is 0 Å². The second-order valence-electron chi connectivity index (χ2n) is 8.53. The fraction of sp³-hybridized carbons (Fsp3) is 0.682. The fourth-order valence-electron chi connectivity index (χ4n) is 4.95. The predicted molar refractivity (Wildman–Crippen MR) is 110 cm³/mol. The summed E-state index contributed by atoms with van der Waals surface area (Å²) in [6.45, 7) is 9.02. The molecule has 1 spiro atoms. The lowest BCUT2D eigenvalue weighted by atomic mass is 9.68. The molecule has 0 amide bonds. The lowest BCUT2D eigenvalue weighted by Gasteiger charge is -2.38. The minimum atomic E-state index is 0.353. The lowest BCUT2D eigenvalue weighted by Crippen LogP contribution is -2.47. The van der Waals surface area contributed by atoms with Crippen molar-refractivity contribution in [3.05, 3.63) is 35.4 Å². The van der Waals surface area contributed by atoms with E-state index in [4.69, 9.17) is 4.74 Å². The van der Waals surface area contributed by atoms with Gasteiger partial charge in [0.15, 0.2) is 5.96 Å². The third-order valence-electron chi connectivity index (χ3n) is 6.73. The Bertz CT molecular complexity index is 664. The first kappa shape index (κ1) is 18.8. The number of aryl methyl sites for hydroxylation is 1. The molecule has 5 heteroatoms. The summed E-state index contributed by atoms with van der Waals surface area (Å²) in [5.74, 6) is 1.07. The zero-order valence-corrected chi connectivity index (χ0v) is 16.9. The third-order valence-corrected chi connectivity index (χ3v) is 6.73. The molecule has 27 heavy (non-hydrogen) atoms. The largest absolute Gasteiger partial charge is 0.379 e. The Morgan fingerprint density at radius 2 is 2.04 bits per heavy atom. The van der Waals surface area contributed by atoms with Crippen LogP contribution >= 0.6 is 0 Å². The molecule has 1 aliphatic carbocycles. The zero-order valence-electron chi connectivity index (χ0n) is 16.9. The number of guanidine groups is 1. The Hall–Kier alpha value is -1.59. The van der Waals surface area contributed by atoms with Crippen molar-refractivity contribution in [3.8, 4) is 0 Å². The van der Waals surface area contributed by atoms with Crippen LogP contribution in [-0.4, -0.2) is 68.7 Å². The van der Waals surface area contributed by atoms with Crippen molar-refractivity contribution in [2.45, 2.75) is 38.6 Å². The number of nitrogens with zero attached hydrogens (tertiary/aromatic N) is 3. The highest BCUT2D eigenvalue weighted by Crippen LogP contribution is 2.47. The number of hydrogen-bond donors (Lipinski definition) is 1. The van der Waals surface area contributed by atoms with Crippen molar-refractivity contribution in [2.24, 2.45) is 10.4 Å². The van der Waals surface area contributed by atoms with Crippen LogP contribution in [0.15, 0.2) is 29.3 Å². The molecule has 4 rings (SSSR count). The van der Waals surface area contributed by atoms with Gasteiger partial charge in [0.05, 0.1) is 19.3 Å². The van der Waals surface area contributed by atoms with Gasteiger partial charge < -0.3 is 15.0 Å². The van der Waals surface area contributed by atoms with Gasteiger partial charge in [-0.1, -0.05) is 36.2 Å². The first-order valence-electron chi connectivity index (χ1n) is 10.5. The molecule has 0 aromatic heterocycles. The van der Waals surface area contributed by atoms with Crippen LogP contribution in [0.25, 0.3) is 0 Å². The van der Waals surface area contributed by atoms with Crippen molar-refractivity contribution < 1.29 is 4.74 Å². The Morgan fingerprint density at radius 1 is 1.22 bits per heavy atom. The summed E-state index contributed by atoms with van der Waals surface area (Å²) in [4.78, 5) is 9.64. The Morgan fingerprint density at radius 3 is 2.67 bits per heavy atom. The van der Waals surface area contributed by atoms with Crippen LogP contribution < -0.4 is 5.32 Å². The van der Waals surface area contributed by atoms with E-state index in [1.165, 1.54) is 43.4 Å². The van der Waals surface area contributed by atoms with Crippen LogP contribution in [0.1, 0.15) is 42.9 Å². The summed E-state index contributed by atoms with van der Waals surface area (Å²) in [6, 6.07) is 9.29. The smallest absolute Gasteiger partial charge is 0.193 e. The summed E-state index contributed by atoms with van der Waals surface area (Å²) in [5, 5.41) is 3.71. The van der Waals surface area contributed by atoms with Crippen molar-refractivity contribution in [3.63, 3.8) is 0 Å². The van der Waals surface area contributed by atoms with Crippen molar-refractivity contribution >= 4 is 5.96 Å². The van der Waals surface area contributed by atoms with Gasteiger partial charge in [-0.3, -0.25) is 9.89 Å². The summed E-state index contributed by atoms with van der Waals surface area (Å²) in [6.07, 6.45) is 5.55. The van der Waals surface area contributed by atoms with Gasteiger partial charge in [0, 0.05) is 39.8 Å². The molecule has 0 radical (unpaired) electrons. The van der Waals surface area contributed by atoms with Crippen LogP contribution in [0.5, 0.6) is 0 Å². The SMILES string of the molecule is CN=C(NCC(c1cccc(C)c1)N1CCOCC1)N1CCC2(CCC2)C1. The van der Waals surface area contributed by atoms with E-state index in [0.29, 0.717) is 11.5 Å². The van der Waals surface area contributed by atoms with E-state index < -0.39 is 0 Å². The number of morpholine rings is 1. The summed E-state index contributed by atoms with van der Waals surface area (Å²) in [5.41, 5.74) is 3.30. The first-order chi connectivity index (χ1) is 13.2. The molecule has 1 atom stereocenters. The van der Waals surface area contributed by atoms with E-state index in [0.717, 1.165) is 45.4 Å². The lowest BCUT2D eigenvalue weighted by molar-refractivity contribution is 0.0169. The van der Waals surface area contributed by atoms with Crippen molar-refractivity contribution in [2.75, 3.05) is 53.0 Å². The van der Waals surface area contributed by atoms with Gasteiger partial charge in [-0.15, -0.1) is 0 Å². The van der Waals surface area contributed by atoms with Crippen LogP contribution in [0.2, 0.25) is 0 Å². The fourth-order valence-corrected chi connectivity index (χ4v) is 4.95. The minimum absolute atomic E-state index is 0.353. The van der Waals surface area contributed by atoms with Gasteiger partial charge in [0.2, 0.25) is 0 Å². The molecular formula is C22H34N4O. The van der Waals surface area contributed by atoms with Crippen LogP contribution in [0, 0.1) is 12.3 Å². The van der Waals surface area contributed by atoms with Gasteiger partial charge in [-0.05, 0) is 37.2 Å². The van der Waals surface area contributed by atoms with E-state index in [1.54, 1.807) is 0 Å². The van der Waals surface area contributed by atoms with Crippen LogP contribution in [-0.2, 0) is 4.74 Å². The maximum Gasteiger partial charge on any atom is 0.193 e. The van der Waals surface area contributed by atoms with Gasteiger partial charge in [-0.25, -0.2) is 0 Å². The Balaban J connectivity index is 1.44. The van der Waals surface area contributed by atoms with E-state index in [9.17, 15) is 0 Å². The molecule has 1 N–H and O–H groups in total. The van der Waals surface area contributed by atoms with Crippen molar-refractivity contribution in [1.82, 2.24) is 15.1 Å². The molecule has 1 aromatic carbocycles. The van der Waals surface area contributed by atoms with Gasteiger partial charge in [0.1, 0.15) is 0 Å². The molecule has 1 saturated carbocycles. The van der Waals surface area contributed by atoms with Gasteiger partial charge >= 0.3 is 0 Å². The molecule has 1 unspecified atom stereocenters. The van der Waals surface area contributed by atoms with Gasteiger partial charge in [0.25, 0.3) is 0 Å². The Kier molecular flexibility index (Phi) is 5.69. The summed E-state index contributed by atoms with van der Waals surface area (Å²) < 4.78 is 5.59. The van der Waals surface area contributed by atoms with E-state index in [-0.39, 0.29) is 0 Å². The van der Waals surface area contributed by atoms with E-state index >= 15 is 0 Å². The summed E-state index contributed by atoms with van der Waals surface area (Å²) in [7, 11) is 1.92. The molecule has 2 saturated heterocycles. The molecule has 3 fully saturated rings. The average Bonchev–Trinajstić information content (AvgIpc) is 3.12. The number of likely N-dealkylation sites (tertiary alicyclic amines) is 1. The molecule has 3 aliphatic rings. The third kappa shape index (κ3) is 4.14. The molecule has 2 heterocycles. The highest BCUT2D eigenvalue weighted by molar-refractivity contribution is 5.80. The number of benzene rings is 1. The number of aliphatic imine (C=N–C) groups is 1. The normalized spacial score (nSPS) is 24.1. The van der Waals surface area contributed by atoms with Crippen LogP contribution in [0.4, 0.5) is 0 Å². The minimum Gasteiger partial charge on any atom is -0.379 e. The Labute approximate surface area is 163 Å². The number of ether oxygens (including phenoxy) is 1. The molecule has 0 bridgehead atoms. The van der Waals surface area contributed by atoms with Crippen molar-refractivity contribution in [1.29, 1.82) is 0 Å². The molecular weight excluding hydrogens is 336 g/mol. The topological polar surface area (TPSA) is 40.1 Å². The maximum absolute atomic E-state index is 5.59. The second kappa shape index (κ2) is 8.19. The van der Waals surface area contributed by atoms with Gasteiger partial charge in [-0.2, -0.15) is 0 Å². The molecule has 148 valence electrons. The average molecular weight is 371 g/mol. The predicted octanol–water partition coefficient (Wildman–Crippen LogP) is 2.82. The summed E-state index contributed by atoms with van der Waals surface area (Å²) >= 11 is 0. The molecule has 2 aliphatic heterocycles. The standard InChI is InChI=1S/C22H34N4O/c1-18-5-3-6-19(15-18)20(25-11-13-27-14-12-25)16-24-21(23-2)26-10-9-22(17-26)7-4-8-22/h3,5-6,15,20H,4,7-14,16-17H2,1-2H3,(H,23,24).